The molecule has 0 radical (unpaired) electrons. The van der Waals surface area contributed by atoms with E-state index in [1.54, 1.807) is 0 Å². The molecule has 4 aromatic rings. The minimum absolute atomic E-state index is 0.000160. The molecule has 0 bridgehead atoms. The number of carboxylic acid groups (broad SMARTS) is 1. The second-order valence-electron chi connectivity index (χ2n) is 8.57. The lowest BCUT2D eigenvalue weighted by Crippen LogP contribution is -2.26. The molecule has 11 nitrogen and oxygen atoms in total. The lowest BCUT2D eigenvalue weighted by molar-refractivity contribution is -0.286. The second kappa shape index (κ2) is 10.4. The number of alkyl halides is 5. The molecule has 0 unspecified atom stereocenters. The van der Waals surface area contributed by atoms with Crippen molar-refractivity contribution in [3.63, 3.8) is 0 Å². The molecule has 2 aromatic carbocycles. The molecule has 0 saturated carbocycles. The number of hydrogen-bond acceptors (Lipinski definition) is 8. The smallest absolute Gasteiger partial charge is 0.476 e. The first kappa shape index (κ1) is 28.5. The van der Waals surface area contributed by atoms with Crippen LogP contribution in [0.3, 0.4) is 0 Å². The van der Waals surface area contributed by atoms with E-state index >= 15 is 0 Å². The van der Waals surface area contributed by atoms with Crippen molar-refractivity contribution < 1.29 is 50.9 Å². The van der Waals surface area contributed by atoms with E-state index in [9.17, 15) is 31.5 Å². The highest BCUT2D eigenvalue weighted by Crippen LogP contribution is 2.43. The first-order valence-electron chi connectivity index (χ1n) is 11.5. The van der Waals surface area contributed by atoms with E-state index in [1.165, 1.54) is 49.5 Å². The molecule has 1 aliphatic rings. The van der Waals surface area contributed by atoms with E-state index < -0.39 is 41.7 Å². The summed E-state index contributed by atoms with van der Waals surface area (Å²) < 4.78 is 82.8. The van der Waals surface area contributed by atoms with Crippen molar-refractivity contribution in [2.24, 2.45) is 0 Å². The van der Waals surface area contributed by atoms with Gasteiger partial charge in [0.25, 0.3) is 5.91 Å². The Kier molecular flexibility index (Phi) is 7.10. The van der Waals surface area contributed by atoms with Gasteiger partial charge < -0.3 is 24.2 Å². The number of ether oxygens (including phenoxy) is 3. The first-order valence-corrected chi connectivity index (χ1v) is 11.9. The van der Waals surface area contributed by atoms with Gasteiger partial charge in [-0.05, 0) is 30.3 Å². The van der Waals surface area contributed by atoms with Crippen LogP contribution in [-0.2, 0) is 12.8 Å². The zero-order valence-corrected chi connectivity index (χ0v) is 21.7. The normalized spacial score (nSPS) is 13.6. The number of anilines is 1. The number of carbonyl (C=O) groups excluding carboxylic acids is 1. The van der Waals surface area contributed by atoms with E-state index in [-0.39, 0.29) is 45.7 Å². The molecule has 0 aliphatic carbocycles. The number of benzene rings is 2. The van der Waals surface area contributed by atoms with Crippen molar-refractivity contribution in [3.05, 3.63) is 82.5 Å². The maximum atomic E-state index is 13.7. The van der Waals surface area contributed by atoms with Crippen LogP contribution >= 0.6 is 11.6 Å². The van der Waals surface area contributed by atoms with Crippen molar-refractivity contribution >= 4 is 29.2 Å². The molecule has 0 fully saturated rings. The largest absolute Gasteiger partial charge is 0.586 e. The van der Waals surface area contributed by atoms with Gasteiger partial charge in [-0.15, -0.1) is 8.78 Å². The molecule has 3 heterocycles. The number of carboxylic acids is 1. The zero-order valence-electron chi connectivity index (χ0n) is 20.9. The molecule has 5 rings (SSSR count). The quantitative estimate of drug-likeness (QED) is 0.280. The average Bonchev–Trinajstić information content (AvgIpc) is 3.45. The van der Waals surface area contributed by atoms with E-state index in [1.807, 2.05) is 0 Å². The third kappa shape index (κ3) is 5.60. The van der Waals surface area contributed by atoms with E-state index in [2.05, 4.69) is 24.5 Å². The van der Waals surface area contributed by atoms with Gasteiger partial charge in [-0.2, -0.15) is 18.3 Å². The van der Waals surface area contributed by atoms with Crippen molar-refractivity contribution in [3.8, 4) is 23.1 Å². The summed E-state index contributed by atoms with van der Waals surface area (Å²) in [5.41, 5.74) is -1.89. The van der Waals surface area contributed by atoms with Crippen molar-refractivity contribution in [1.82, 2.24) is 19.7 Å². The van der Waals surface area contributed by atoms with Gasteiger partial charge in [-0.25, -0.2) is 19.4 Å². The fraction of sp³-hybridized carbons (Fsp3) is 0.160. The number of rotatable bonds is 7. The Balaban J connectivity index is 1.44. The summed E-state index contributed by atoms with van der Waals surface area (Å²) in [6, 6.07) is 9.09. The summed E-state index contributed by atoms with van der Waals surface area (Å²) in [5.74, 6) is -2.71. The predicted molar refractivity (Wildman–Crippen MR) is 132 cm³/mol. The van der Waals surface area contributed by atoms with Gasteiger partial charge in [-0.3, -0.25) is 4.79 Å². The van der Waals surface area contributed by atoms with Gasteiger partial charge in [-0.1, -0.05) is 17.7 Å². The van der Waals surface area contributed by atoms with Gasteiger partial charge in [0.1, 0.15) is 12.3 Å². The molecule has 0 saturated heterocycles. The van der Waals surface area contributed by atoms with Crippen molar-refractivity contribution in [1.29, 1.82) is 0 Å². The maximum absolute atomic E-state index is 13.7. The third-order valence-electron chi connectivity index (χ3n) is 5.80. The molecule has 0 spiro atoms. The minimum Gasteiger partial charge on any atom is -0.476 e. The van der Waals surface area contributed by atoms with Crippen LogP contribution in [0.1, 0.15) is 32.2 Å². The number of nitrogens with zero attached hydrogens (tertiary/aromatic N) is 5. The van der Waals surface area contributed by atoms with Crippen LogP contribution in [0, 0.1) is 0 Å². The standard InChI is InChI=1S/C25H15ClF5N5O6/c1-35(13-5-6-17-18(8-13)42-25(30,31)41-17)22(37)12-3-2-4-14(7-12)36-16(20(26)21(34-36)24(27,28)29)11-40-19-10-32-15(9-33-19)23(38)39/h2-10H,11H2,1H3,(H,38,39). The molecule has 2 aromatic heterocycles. The van der Waals surface area contributed by atoms with E-state index in [0.717, 1.165) is 22.0 Å². The van der Waals surface area contributed by atoms with Crippen LogP contribution < -0.4 is 19.1 Å². The SMILES string of the molecule is CN(C(=O)c1cccc(-n2nc(C(F)(F)F)c(Cl)c2COc2cnc(C(=O)O)cn2)c1)c1ccc2c(c1)OC(F)(F)O2. The van der Waals surface area contributed by atoms with Gasteiger partial charge in [0.2, 0.25) is 5.88 Å². The van der Waals surface area contributed by atoms with Crippen LogP contribution in [0.25, 0.3) is 5.69 Å². The molecule has 42 heavy (non-hydrogen) atoms. The summed E-state index contributed by atoms with van der Waals surface area (Å²) in [7, 11) is 1.35. The summed E-state index contributed by atoms with van der Waals surface area (Å²) in [5, 5.41) is 11.8. The molecule has 218 valence electrons. The van der Waals surface area contributed by atoms with Crippen LogP contribution in [-0.4, -0.2) is 50.1 Å². The van der Waals surface area contributed by atoms with E-state index in [4.69, 9.17) is 21.4 Å². The van der Waals surface area contributed by atoms with Crippen LogP contribution in [0.4, 0.5) is 27.6 Å². The molecule has 1 amide bonds. The van der Waals surface area contributed by atoms with Gasteiger partial charge >= 0.3 is 18.4 Å². The molecular formula is C25H15ClF5N5O6. The zero-order chi connectivity index (χ0) is 30.4. The number of aromatic nitrogens is 4. The maximum Gasteiger partial charge on any atom is 0.586 e. The number of carbonyl (C=O) groups is 2. The van der Waals surface area contributed by atoms with Gasteiger partial charge in [0.15, 0.2) is 22.9 Å². The van der Waals surface area contributed by atoms with Crippen molar-refractivity contribution in [2.75, 3.05) is 11.9 Å². The summed E-state index contributed by atoms with van der Waals surface area (Å²) in [6.07, 6.45) is -6.93. The van der Waals surface area contributed by atoms with E-state index in [0.29, 0.717) is 0 Å². The second-order valence-corrected chi connectivity index (χ2v) is 8.94. The molecule has 17 heteroatoms. The minimum atomic E-state index is -4.94. The number of aromatic carboxylic acids is 1. The molecule has 0 atom stereocenters. The highest BCUT2D eigenvalue weighted by Gasteiger charge is 2.43. The predicted octanol–water partition coefficient (Wildman–Crippen LogP) is 5.21. The first-order chi connectivity index (χ1) is 19.7. The van der Waals surface area contributed by atoms with Crippen molar-refractivity contribution in [2.45, 2.75) is 19.1 Å². The number of fused-ring (bicyclic) bond motifs is 1. The van der Waals surface area contributed by atoms with Crippen LogP contribution in [0.5, 0.6) is 17.4 Å². The monoisotopic (exact) mass is 611 g/mol. The van der Waals surface area contributed by atoms with Crippen LogP contribution in [0.15, 0.2) is 54.9 Å². The molecule has 1 N–H and O–H groups in total. The Bertz CT molecular complexity index is 1700. The number of halogens is 6. The van der Waals surface area contributed by atoms with Crippen LogP contribution in [0.2, 0.25) is 5.02 Å². The summed E-state index contributed by atoms with van der Waals surface area (Å²) in [6.45, 7) is -0.594. The number of amides is 1. The summed E-state index contributed by atoms with van der Waals surface area (Å²) >= 11 is 6.05. The molecular weight excluding hydrogens is 597 g/mol. The molecule has 1 aliphatic heterocycles. The van der Waals surface area contributed by atoms with Gasteiger partial charge in [0.05, 0.1) is 23.1 Å². The Hall–Kier alpha value is -4.99. The Labute approximate surface area is 236 Å². The lowest BCUT2D eigenvalue weighted by Gasteiger charge is -2.18. The lowest BCUT2D eigenvalue weighted by atomic mass is 10.1. The highest BCUT2D eigenvalue weighted by atomic mass is 35.5. The fourth-order valence-corrected chi connectivity index (χ4v) is 4.10. The Morgan fingerprint density at radius 1 is 1.10 bits per heavy atom. The average molecular weight is 612 g/mol. The fourth-order valence-electron chi connectivity index (χ4n) is 3.82. The highest BCUT2D eigenvalue weighted by molar-refractivity contribution is 6.32. The van der Waals surface area contributed by atoms with Gasteiger partial charge in [0, 0.05) is 24.4 Å². The summed E-state index contributed by atoms with van der Waals surface area (Å²) in [4.78, 5) is 32.7. The topological polar surface area (TPSA) is 129 Å². The Morgan fingerprint density at radius 2 is 1.83 bits per heavy atom. The third-order valence-corrected chi connectivity index (χ3v) is 6.20. The number of hydrogen-bond donors (Lipinski definition) is 1. The Morgan fingerprint density at radius 3 is 2.50 bits per heavy atom.